The van der Waals surface area contributed by atoms with Crippen LogP contribution >= 0.6 is 0 Å². The van der Waals surface area contributed by atoms with E-state index >= 15 is 0 Å². The summed E-state index contributed by atoms with van der Waals surface area (Å²) in [4.78, 5) is 0. The first-order valence-electron chi connectivity index (χ1n) is 5.68. The molecule has 1 saturated carbocycles. The van der Waals surface area contributed by atoms with Crippen molar-refractivity contribution in [3.8, 4) is 0 Å². The highest BCUT2D eigenvalue weighted by Crippen LogP contribution is 2.36. The van der Waals surface area contributed by atoms with Gasteiger partial charge in [0.15, 0.2) is 0 Å². The average molecular weight is 225 g/mol. The van der Waals surface area contributed by atoms with Crippen molar-refractivity contribution < 1.29 is 8.78 Å². The zero-order valence-electron chi connectivity index (χ0n) is 9.47. The Morgan fingerprint density at radius 2 is 2.25 bits per heavy atom. The molecule has 0 aromatic heterocycles. The Kier molecular flexibility index (Phi) is 2.98. The molecule has 2 rings (SSSR count). The minimum absolute atomic E-state index is 0.0224. The Morgan fingerprint density at radius 1 is 1.50 bits per heavy atom. The molecule has 0 spiro atoms. The average Bonchev–Trinajstić information content (AvgIpc) is 2.52. The largest absolute Gasteiger partial charge is 0.328 e. The first-order chi connectivity index (χ1) is 7.48. The normalized spacial score (nSPS) is 29.6. The molecule has 2 N–H and O–H groups in total. The van der Waals surface area contributed by atoms with E-state index < -0.39 is 5.67 Å². The van der Waals surface area contributed by atoms with E-state index in [1.165, 1.54) is 12.1 Å². The van der Waals surface area contributed by atoms with E-state index in [1.54, 1.807) is 6.07 Å². The quantitative estimate of drug-likeness (QED) is 0.822. The summed E-state index contributed by atoms with van der Waals surface area (Å²) in [5, 5.41) is 0. The molecule has 2 atom stereocenters. The zero-order chi connectivity index (χ0) is 11.8. The molecule has 16 heavy (non-hydrogen) atoms. The van der Waals surface area contributed by atoms with Crippen molar-refractivity contribution in [1.82, 2.24) is 0 Å². The van der Waals surface area contributed by atoms with Crippen molar-refractivity contribution in [2.24, 2.45) is 5.73 Å². The lowest BCUT2D eigenvalue weighted by atomic mass is 9.92. The van der Waals surface area contributed by atoms with Gasteiger partial charge in [0.2, 0.25) is 0 Å². The molecule has 3 heteroatoms. The molecular formula is C13H17F2N. The van der Waals surface area contributed by atoms with Crippen molar-refractivity contribution in [1.29, 1.82) is 0 Å². The second kappa shape index (κ2) is 4.13. The van der Waals surface area contributed by atoms with Gasteiger partial charge in [-0.1, -0.05) is 6.07 Å². The van der Waals surface area contributed by atoms with Gasteiger partial charge in [-0.2, -0.15) is 0 Å². The summed E-state index contributed by atoms with van der Waals surface area (Å²) in [6, 6.07) is 4.50. The minimum atomic E-state index is -1.19. The fourth-order valence-electron chi connectivity index (χ4n) is 2.48. The predicted molar refractivity (Wildman–Crippen MR) is 60.5 cm³/mol. The third-order valence-electron chi connectivity index (χ3n) is 3.40. The molecule has 0 bridgehead atoms. The monoisotopic (exact) mass is 225 g/mol. The van der Waals surface area contributed by atoms with Crippen LogP contribution < -0.4 is 5.73 Å². The first kappa shape index (κ1) is 11.5. The molecular weight excluding hydrogens is 208 g/mol. The number of benzene rings is 1. The van der Waals surface area contributed by atoms with E-state index in [2.05, 4.69) is 0 Å². The minimum Gasteiger partial charge on any atom is -0.328 e. The third-order valence-corrected chi connectivity index (χ3v) is 3.40. The van der Waals surface area contributed by atoms with Crippen molar-refractivity contribution in [3.05, 3.63) is 35.1 Å². The molecule has 1 aromatic carbocycles. The molecule has 1 nitrogen and oxygen atoms in total. The summed E-state index contributed by atoms with van der Waals surface area (Å²) in [6.45, 7) is 1.82. The van der Waals surface area contributed by atoms with E-state index in [4.69, 9.17) is 5.73 Å². The van der Waals surface area contributed by atoms with Crippen LogP contribution in [0, 0.1) is 12.7 Å². The van der Waals surface area contributed by atoms with E-state index in [1.807, 2.05) is 6.92 Å². The number of hydrogen-bond acceptors (Lipinski definition) is 1. The van der Waals surface area contributed by atoms with E-state index in [0.717, 1.165) is 17.5 Å². The van der Waals surface area contributed by atoms with Gasteiger partial charge in [0, 0.05) is 12.5 Å². The molecule has 0 heterocycles. The van der Waals surface area contributed by atoms with Crippen LogP contribution in [0.4, 0.5) is 8.78 Å². The SMILES string of the molecule is Cc1cc(F)ccc1CC1(F)CCC(N)C1. The highest BCUT2D eigenvalue weighted by Gasteiger charge is 2.38. The van der Waals surface area contributed by atoms with Crippen molar-refractivity contribution >= 4 is 0 Å². The first-order valence-corrected chi connectivity index (χ1v) is 5.68. The van der Waals surface area contributed by atoms with Gasteiger partial charge >= 0.3 is 0 Å². The van der Waals surface area contributed by atoms with Gasteiger partial charge in [0.1, 0.15) is 11.5 Å². The Bertz CT molecular complexity index is 392. The number of nitrogens with two attached hydrogens (primary N) is 1. The Balaban J connectivity index is 2.14. The zero-order valence-corrected chi connectivity index (χ0v) is 9.47. The fraction of sp³-hybridized carbons (Fsp3) is 0.538. The molecule has 1 aliphatic carbocycles. The van der Waals surface area contributed by atoms with Crippen molar-refractivity contribution in [2.75, 3.05) is 0 Å². The molecule has 2 unspecified atom stereocenters. The second-order valence-electron chi connectivity index (χ2n) is 4.90. The lowest BCUT2D eigenvalue weighted by molar-refractivity contribution is 0.170. The van der Waals surface area contributed by atoms with Crippen LogP contribution in [-0.4, -0.2) is 11.7 Å². The number of aryl methyl sites for hydroxylation is 1. The maximum Gasteiger partial charge on any atom is 0.123 e. The van der Waals surface area contributed by atoms with Gasteiger partial charge in [-0.3, -0.25) is 0 Å². The van der Waals surface area contributed by atoms with Crippen molar-refractivity contribution in [3.63, 3.8) is 0 Å². The molecule has 0 radical (unpaired) electrons. The van der Waals surface area contributed by atoms with Gasteiger partial charge in [0.05, 0.1) is 0 Å². The fourth-order valence-corrected chi connectivity index (χ4v) is 2.48. The highest BCUT2D eigenvalue weighted by atomic mass is 19.1. The Hall–Kier alpha value is -0.960. The smallest absolute Gasteiger partial charge is 0.123 e. The van der Waals surface area contributed by atoms with E-state index in [9.17, 15) is 8.78 Å². The topological polar surface area (TPSA) is 26.0 Å². The summed E-state index contributed by atoms with van der Waals surface area (Å²) in [7, 11) is 0. The van der Waals surface area contributed by atoms with Gasteiger partial charge in [-0.25, -0.2) is 8.78 Å². The molecule has 0 saturated heterocycles. The van der Waals surface area contributed by atoms with E-state index in [-0.39, 0.29) is 11.9 Å². The molecule has 1 fully saturated rings. The van der Waals surface area contributed by atoms with Crippen LogP contribution in [0.2, 0.25) is 0 Å². The lowest BCUT2D eigenvalue weighted by Crippen LogP contribution is -2.26. The van der Waals surface area contributed by atoms with Crippen LogP contribution in [0.1, 0.15) is 30.4 Å². The van der Waals surface area contributed by atoms with Gasteiger partial charge in [-0.15, -0.1) is 0 Å². The van der Waals surface area contributed by atoms with Gasteiger partial charge in [-0.05, 0) is 49.4 Å². The third kappa shape index (κ3) is 2.40. The molecule has 88 valence electrons. The highest BCUT2D eigenvalue weighted by molar-refractivity contribution is 5.28. The van der Waals surface area contributed by atoms with Gasteiger partial charge in [0.25, 0.3) is 0 Å². The summed E-state index contributed by atoms with van der Waals surface area (Å²) in [6.07, 6.45) is 2.04. The van der Waals surface area contributed by atoms with Gasteiger partial charge < -0.3 is 5.73 Å². The standard InChI is InChI=1S/C13H17F2N/c1-9-6-11(14)3-2-10(9)7-13(15)5-4-12(16)8-13/h2-3,6,12H,4-5,7-8,16H2,1H3. The molecule has 0 amide bonds. The lowest BCUT2D eigenvalue weighted by Gasteiger charge is -2.20. The molecule has 1 aromatic rings. The summed E-state index contributed by atoms with van der Waals surface area (Å²) in [5.74, 6) is -0.266. The molecule has 1 aliphatic rings. The Labute approximate surface area is 94.7 Å². The number of hydrogen-bond donors (Lipinski definition) is 1. The number of halogens is 2. The summed E-state index contributed by atoms with van der Waals surface area (Å²) < 4.78 is 27.3. The predicted octanol–water partition coefficient (Wildman–Crippen LogP) is 2.90. The summed E-state index contributed by atoms with van der Waals surface area (Å²) >= 11 is 0. The summed E-state index contributed by atoms with van der Waals surface area (Å²) in [5.41, 5.74) is 6.24. The Morgan fingerprint density at radius 3 is 2.81 bits per heavy atom. The van der Waals surface area contributed by atoms with Crippen LogP contribution in [0.15, 0.2) is 18.2 Å². The van der Waals surface area contributed by atoms with Crippen LogP contribution in [0.3, 0.4) is 0 Å². The number of alkyl halides is 1. The second-order valence-corrected chi connectivity index (χ2v) is 4.90. The maximum absolute atomic E-state index is 14.4. The number of rotatable bonds is 2. The van der Waals surface area contributed by atoms with Crippen LogP contribution in [-0.2, 0) is 6.42 Å². The van der Waals surface area contributed by atoms with E-state index in [0.29, 0.717) is 19.3 Å². The maximum atomic E-state index is 14.4. The van der Waals surface area contributed by atoms with Crippen LogP contribution in [0.5, 0.6) is 0 Å². The van der Waals surface area contributed by atoms with Crippen molar-refractivity contribution in [2.45, 2.75) is 44.3 Å². The molecule has 0 aliphatic heterocycles. The van der Waals surface area contributed by atoms with Crippen LogP contribution in [0.25, 0.3) is 0 Å².